The van der Waals surface area contributed by atoms with E-state index in [1.807, 2.05) is 0 Å². The second-order valence-electron chi connectivity index (χ2n) is 16.9. The van der Waals surface area contributed by atoms with Gasteiger partial charge in [-0.3, -0.25) is 9.59 Å². The van der Waals surface area contributed by atoms with Crippen molar-refractivity contribution < 1.29 is 28.1 Å². The van der Waals surface area contributed by atoms with Crippen LogP contribution in [0, 0.1) is 0 Å². The molecule has 0 heterocycles. The number of carbonyl (C=O) groups excluding carboxylic acids is 2. The summed E-state index contributed by atoms with van der Waals surface area (Å²) >= 11 is 2.51. The van der Waals surface area contributed by atoms with Gasteiger partial charge in [-0.2, -0.15) is 0 Å². The monoisotopic (exact) mass is 901 g/mol. The molecule has 0 saturated carbocycles. The minimum atomic E-state index is -1.07. The Morgan fingerprint density at radius 1 is 0.500 bits per heavy atom. The second-order valence-corrected chi connectivity index (χ2v) is 22.2. The Kier molecular flexibility index (Phi) is 33.4. The van der Waals surface area contributed by atoms with Crippen LogP contribution in [0.3, 0.4) is 0 Å². The van der Waals surface area contributed by atoms with E-state index < -0.39 is 16.9 Å². The van der Waals surface area contributed by atoms with Gasteiger partial charge < -0.3 is 28.3 Å². The van der Waals surface area contributed by atoms with Crippen LogP contribution >= 0.6 is 40.4 Å². The Balaban J connectivity index is 5.03. The van der Waals surface area contributed by atoms with Crippen LogP contribution in [0.2, 0.25) is 0 Å². The summed E-state index contributed by atoms with van der Waals surface area (Å²) in [4.78, 5) is 29.7. The topological polar surface area (TPSA) is 90.5 Å². The lowest BCUT2D eigenvalue weighted by Crippen LogP contribution is -2.45. The van der Waals surface area contributed by atoms with E-state index in [-0.39, 0.29) is 22.3 Å². The molecule has 0 aliphatic carbocycles. The standard InChI is InChI=1S/C42H90N6O6P2S2/c1-19-44(20-2)26-23-42(50)58-32-52-28-30-54-56(47(37(11)12)38(13)14)48(39(15)16)40(17)21-24-43(18)25-22-41(49)57-31-51-27-29-53-55(45(33(3)4)34(5)6)46(35(7)8)36(9)10/h33-40H,19-32H2,1-18H3. The Morgan fingerprint density at radius 2 is 0.845 bits per heavy atom. The lowest BCUT2D eigenvalue weighted by Gasteiger charge is -2.46. The summed E-state index contributed by atoms with van der Waals surface area (Å²) in [7, 11) is 0.0736. The smallest absolute Gasteiger partial charge is 0.192 e. The largest absolute Gasteiger partial charge is 0.368 e. The van der Waals surface area contributed by atoms with Crippen LogP contribution in [0.4, 0.5) is 0 Å². The predicted octanol–water partition coefficient (Wildman–Crippen LogP) is 9.84. The van der Waals surface area contributed by atoms with E-state index in [1.54, 1.807) is 0 Å². The summed E-state index contributed by atoms with van der Waals surface area (Å²) in [6.45, 7) is 44.0. The van der Waals surface area contributed by atoms with Crippen molar-refractivity contribution in [2.24, 2.45) is 0 Å². The van der Waals surface area contributed by atoms with E-state index >= 15 is 0 Å². The lowest BCUT2D eigenvalue weighted by molar-refractivity contribution is -0.112. The van der Waals surface area contributed by atoms with E-state index in [0.29, 0.717) is 93.9 Å². The third kappa shape index (κ3) is 23.8. The molecule has 346 valence electrons. The molecule has 0 fully saturated rings. The van der Waals surface area contributed by atoms with Crippen molar-refractivity contribution in [3.05, 3.63) is 0 Å². The highest BCUT2D eigenvalue weighted by molar-refractivity contribution is 8.13. The van der Waals surface area contributed by atoms with Gasteiger partial charge >= 0.3 is 0 Å². The number of ether oxygens (including phenoxy) is 2. The minimum absolute atomic E-state index is 0.148. The fraction of sp³-hybridized carbons (Fsp3) is 0.952. The summed E-state index contributed by atoms with van der Waals surface area (Å²) in [6.07, 6.45) is 1.97. The highest BCUT2D eigenvalue weighted by Gasteiger charge is 2.36. The zero-order chi connectivity index (χ0) is 44.5. The molecule has 0 rings (SSSR count). The van der Waals surface area contributed by atoms with Crippen LogP contribution < -0.4 is 0 Å². The first-order chi connectivity index (χ1) is 27.2. The molecular weight excluding hydrogens is 811 g/mol. The zero-order valence-corrected chi connectivity index (χ0v) is 43.8. The highest BCUT2D eigenvalue weighted by atomic mass is 32.2. The van der Waals surface area contributed by atoms with Gasteiger partial charge in [0.2, 0.25) is 0 Å². The number of nitrogens with zero attached hydrogens (tertiary/aromatic N) is 6. The maximum absolute atomic E-state index is 12.8. The van der Waals surface area contributed by atoms with Gasteiger partial charge in [0.25, 0.3) is 0 Å². The maximum atomic E-state index is 12.8. The summed E-state index contributed by atoms with van der Waals surface area (Å²) in [5.74, 6) is 0.689. The Bertz CT molecular complexity index is 1020. The SMILES string of the molecule is CCN(CC)CCC(=O)SCOCCOP(N(C(C)C)C(C)C)N(C(C)C)C(C)CCN(C)CCC(=O)SCOCCOP(N(C(C)C)C(C)C)N(C(C)C)C(C)C. The normalized spacial score (nSPS) is 14.1. The molecule has 0 bridgehead atoms. The molecular formula is C42H90N6O6P2S2. The van der Waals surface area contributed by atoms with Crippen molar-refractivity contribution in [2.45, 2.75) is 185 Å². The van der Waals surface area contributed by atoms with Crippen molar-refractivity contribution in [3.63, 3.8) is 0 Å². The average molecular weight is 901 g/mol. The van der Waals surface area contributed by atoms with Gasteiger partial charge in [-0.15, -0.1) is 0 Å². The molecule has 0 aliphatic heterocycles. The molecule has 2 unspecified atom stereocenters. The van der Waals surface area contributed by atoms with Gasteiger partial charge in [-0.05, 0) is 137 Å². The second kappa shape index (κ2) is 33.1. The molecule has 12 nitrogen and oxygen atoms in total. The quantitative estimate of drug-likeness (QED) is 0.0344. The molecule has 58 heavy (non-hydrogen) atoms. The van der Waals surface area contributed by atoms with Crippen molar-refractivity contribution in [3.8, 4) is 0 Å². The van der Waals surface area contributed by atoms with Crippen LogP contribution in [-0.2, 0) is 28.1 Å². The van der Waals surface area contributed by atoms with Gasteiger partial charge in [-0.1, -0.05) is 37.4 Å². The fourth-order valence-electron chi connectivity index (χ4n) is 6.91. The minimum Gasteiger partial charge on any atom is -0.368 e. The summed E-state index contributed by atoms with van der Waals surface area (Å²) in [5, 5.41) is 0.318. The zero-order valence-electron chi connectivity index (χ0n) is 40.4. The first-order valence-electron chi connectivity index (χ1n) is 22.1. The van der Waals surface area contributed by atoms with Gasteiger partial charge in [0.05, 0.1) is 38.3 Å². The first kappa shape index (κ1) is 58.5. The van der Waals surface area contributed by atoms with Gasteiger partial charge in [0.1, 0.15) is 0 Å². The van der Waals surface area contributed by atoms with Crippen LogP contribution in [0.1, 0.15) is 137 Å². The molecule has 0 aliphatic rings. The molecule has 0 amide bonds. The van der Waals surface area contributed by atoms with Gasteiger partial charge in [0.15, 0.2) is 27.1 Å². The van der Waals surface area contributed by atoms with Crippen LogP contribution in [0.5, 0.6) is 0 Å². The molecule has 0 saturated heterocycles. The van der Waals surface area contributed by atoms with Crippen LogP contribution in [0.25, 0.3) is 0 Å². The Morgan fingerprint density at radius 3 is 1.19 bits per heavy atom. The molecule has 0 aromatic carbocycles. The number of thioether (sulfide) groups is 2. The van der Waals surface area contributed by atoms with E-state index in [9.17, 15) is 9.59 Å². The van der Waals surface area contributed by atoms with Crippen molar-refractivity contribution in [1.29, 1.82) is 0 Å². The van der Waals surface area contributed by atoms with Gasteiger partial charge in [-0.25, -0.2) is 18.7 Å². The molecule has 0 aromatic heterocycles. The van der Waals surface area contributed by atoms with Crippen molar-refractivity contribution in [2.75, 3.05) is 78.1 Å². The number of hydrogen-bond acceptors (Lipinski definition) is 14. The van der Waals surface area contributed by atoms with E-state index in [2.05, 4.69) is 153 Å². The molecule has 16 heteroatoms. The molecule has 0 spiro atoms. The maximum Gasteiger partial charge on any atom is 0.192 e. The number of rotatable bonds is 35. The third-order valence-corrected chi connectivity index (χ3v) is 17.2. The number of hydrogen-bond donors (Lipinski definition) is 0. The summed E-state index contributed by atoms with van der Waals surface area (Å²) in [6, 6.07) is 2.59. The Hall–Kier alpha value is 0.500. The summed E-state index contributed by atoms with van der Waals surface area (Å²) < 4.78 is 35.0. The van der Waals surface area contributed by atoms with E-state index in [1.165, 1.54) is 23.5 Å². The van der Waals surface area contributed by atoms with Crippen LogP contribution in [0.15, 0.2) is 0 Å². The van der Waals surface area contributed by atoms with E-state index in [4.69, 9.17) is 18.5 Å². The van der Waals surface area contributed by atoms with Gasteiger partial charge in [0, 0.05) is 74.3 Å². The molecule has 0 radical (unpaired) electrons. The first-order valence-corrected chi connectivity index (χ1v) is 26.4. The summed E-state index contributed by atoms with van der Waals surface area (Å²) in [5.41, 5.74) is 0. The average Bonchev–Trinajstić information content (AvgIpc) is 3.11. The molecule has 2 atom stereocenters. The van der Waals surface area contributed by atoms with E-state index in [0.717, 1.165) is 32.6 Å². The van der Waals surface area contributed by atoms with Crippen LogP contribution in [-0.4, -0.2) is 165 Å². The predicted molar refractivity (Wildman–Crippen MR) is 254 cm³/mol. The molecule has 0 aromatic rings. The number of carbonyl (C=O) groups is 2. The fourth-order valence-corrected chi connectivity index (χ4v) is 12.8. The Labute approximate surface area is 369 Å². The van der Waals surface area contributed by atoms with Crippen molar-refractivity contribution in [1.82, 2.24) is 28.5 Å². The third-order valence-electron chi connectivity index (χ3n) is 9.57. The molecule has 0 N–H and O–H groups in total. The van der Waals surface area contributed by atoms with Crippen molar-refractivity contribution >= 4 is 50.7 Å². The lowest BCUT2D eigenvalue weighted by atomic mass is 10.2. The highest BCUT2D eigenvalue weighted by Crippen LogP contribution is 2.52.